The van der Waals surface area contributed by atoms with Gasteiger partial charge in [0.05, 0.1) is 10.7 Å². The van der Waals surface area contributed by atoms with Crippen molar-refractivity contribution in [2.24, 2.45) is 0 Å². The lowest BCUT2D eigenvalue weighted by Crippen LogP contribution is -2.04. The van der Waals surface area contributed by atoms with Crippen LogP contribution in [-0.2, 0) is 13.2 Å². The van der Waals surface area contributed by atoms with Crippen LogP contribution in [0.25, 0.3) is 0 Å². The van der Waals surface area contributed by atoms with Crippen LogP contribution in [0.15, 0.2) is 71.2 Å². The fraction of sp³-hybridized carbons (Fsp3) is 0.100. The molecule has 25 heavy (non-hydrogen) atoms. The van der Waals surface area contributed by atoms with Crippen LogP contribution in [0, 0.1) is 0 Å². The van der Waals surface area contributed by atoms with E-state index in [0.717, 1.165) is 32.1 Å². The fourth-order valence-corrected chi connectivity index (χ4v) is 3.10. The minimum Gasteiger partial charge on any atom is -0.489 e. The molecule has 2 nitrogen and oxygen atoms in total. The first-order valence-corrected chi connectivity index (χ1v) is 9.31. The SMILES string of the molecule is Clc1ccc(COc2ccc(Br)cc2CNc2ccccc2Cl)cc1. The normalized spacial score (nSPS) is 10.5. The Bertz CT molecular complexity index is 853. The van der Waals surface area contributed by atoms with Gasteiger partial charge in [0.1, 0.15) is 12.4 Å². The molecule has 0 aliphatic rings. The first kappa shape index (κ1) is 18.1. The maximum absolute atomic E-state index is 6.20. The molecule has 128 valence electrons. The summed E-state index contributed by atoms with van der Waals surface area (Å²) in [6.07, 6.45) is 0. The molecule has 0 saturated heterocycles. The molecular formula is C20H16BrCl2NO. The summed E-state index contributed by atoms with van der Waals surface area (Å²) in [7, 11) is 0. The molecule has 5 heteroatoms. The van der Waals surface area contributed by atoms with Crippen molar-refractivity contribution in [3.8, 4) is 5.75 Å². The monoisotopic (exact) mass is 435 g/mol. The van der Waals surface area contributed by atoms with Gasteiger partial charge in [0.15, 0.2) is 0 Å². The summed E-state index contributed by atoms with van der Waals surface area (Å²) < 4.78 is 7.00. The number of benzene rings is 3. The molecule has 0 radical (unpaired) electrons. The van der Waals surface area contributed by atoms with E-state index in [-0.39, 0.29) is 0 Å². The van der Waals surface area contributed by atoms with Gasteiger partial charge in [-0.3, -0.25) is 0 Å². The maximum Gasteiger partial charge on any atom is 0.124 e. The predicted molar refractivity (Wildman–Crippen MR) is 109 cm³/mol. The molecule has 0 aliphatic carbocycles. The Morgan fingerprint density at radius 2 is 1.68 bits per heavy atom. The summed E-state index contributed by atoms with van der Waals surface area (Å²) in [6.45, 7) is 1.09. The lowest BCUT2D eigenvalue weighted by Gasteiger charge is -2.14. The van der Waals surface area contributed by atoms with E-state index in [1.54, 1.807) is 0 Å². The summed E-state index contributed by atoms with van der Waals surface area (Å²) in [4.78, 5) is 0. The second-order valence-electron chi connectivity index (χ2n) is 5.50. The third-order valence-corrected chi connectivity index (χ3v) is 4.75. The molecule has 0 bridgehead atoms. The average Bonchev–Trinajstić information content (AvgIpc) is 2.61. The molecule has 1 N–H and O–H groups in total. The second kappa shape index (κ2) is 8.61. The first-order valence-electron chi connectivity index (χ1n) is 7.76. The molecule has 0 aromatic heterocycles. The Balaban J connectivity index is 1.71. The van der Waals surface area contributed by atoms with E-state index >= 15 is 0 Å². The summed E-state index contributed by atoms with van der Waals surface area (Å²) in [5, 5.41) is 4.77. The van der Waals surface area contributed by atoms with Crippen LogP contribution in [0.5, 0.6) is 5.75 Å². The van der Waals surface area contributed by atoms with Crippen LogP contribution < -0.4 is 10.1 Å². The molecule has 0 unspecified atom stereocenters. The standard InChI is InChI=1S/C20H16BrCl2NO/c21-16-7-10-20(25-13-14-5-8-17(22)9-6-14)15(11-16)12-24-19-4-2-1-3-18(19)23/h1-11,24H,12-13H2. The smallest absolute Gasteiger partial charge is 0.124 e. The molecule has 3 aromatic carbocycles. The predicted octanol–water partition coefficient (Wildman–Crippen LogP) is 6.95. The zero-order chi connectivity index (χ0) is 17.6. The Hall–Kier alpha value is -1.68. The highest BCUT2D eigenvalue weighted by atomic mass is 79.9. The van der Waals surface area contributed by atoms with Crippen LogP contribution in [0.2, 0.25) is 10.0 Å². The van der Waals surface area contributed by atoms with Crippen molar-refractivity contribution in [2.75, 3.05) is 5.32 Å². The van der Waals surface area contributed by atoms with Crippen LogP contribution in [0.1, 0.15) is 11.1 Å². The number of rotatable bonds is 6. The lowest BCUT2D eigenvalue weighted by molar-refractivity contribution is 0.303. The van der Waals surface area contributed by atoms with Crippen molar-refractivity contribution in [3.05, 3.63) is 92.4 Å². The summed E-state index contributed by atoms with van der Waals surface area (Å²) >= 11 is 15.6. The molecule has 0 amide bonds. The fourth-order valence-electron chi connectivity index (χ4n) is 2.36. The van der Waals surface area contributed by atoms with Crippen molar-refractivity contribution < 1.29 is 4.74 Å². The highest BCUT2D eigenvalue weighted by molar-refractivity contribution is 9.10. The quantitative estimate of drug-likeness (QED) is 0.451. The maximum atomic E-state index is 6.20. The minimum atomic E-state index is 0.484. The Morgan fingerprint density at radius 1 is 0.920 bits per heavy atom. The number of para-hydroxylation sites is 1. The van der Waals surface area contributed by atoms with Gasteiger partial charge in [0.2, 0.25) is 0 Å². The lowest BCUT2D eigenvalue weighted by atomic mass is 10.2. The average molecular weight is 437 g/mol. The second-order valence-corrected chi connectivity index (χ2v) is 7.26. The summed E-state index contributed by atoms with van der Waals surface area (Å²) in [6, 6.07) is 21.3. The van der Waals surface area contributed by atoms with Crippen molar-refractivity contribution >= 4 is 44.8 Å². The molecule has 0 atom stereocenters. The highest BCUT2D eigenvalue weighted by Gasteiger charge is 2.07. The van der Waals surface area contributed by atoms with Crippen molar-refractivity contribution in [1.82, 2.24) is 0 Å². The Labute approximate surface area is 165 Å². The van der Waals surface area contributed by atoms with Gasteiger partial charge in [-0.2, -0.15) is 0 Å². The number of hydrogen-bond donors (Lipinski definition) is 1. The molecule has 0 saturated carbocycles. The van der Waals surface area contributed by atoms with Crippen LogP contribution in [0.4, 0.5) is 5.69 Å². The molecule has 0 spiro atoms. The van der Waals surface area contributed by atoms with Gasteiger partial charge >= 0.3 is 0 Å². The zero-order valence-electron chi connectivity index (χ0n) is 13.3. The van der Waals surface area contributed by atoms with Crippen LogP contribution in [-0.4, -0.2) is 0 Å². The largest absolute Gasteiger partial charge is 0.489 e. The van der Waals surface area contributed by atoms with Gasteiger partial charge < -0.3 is 10.1 Å². The van der Waals surface area contributed by atoms with E-state index in [0.29, 0.717) is 18.2 Å². The third kappa shape index (κ3) is 5.15. The van der Waals surface area contributed by atoms with Crippen molar-refractivity contribution in [2.45, 2.75) is 13.2 Å². The molecule has 0 heterocycles. The van der Waals surface area contributed by atoms with E-state index < -0.39 is 0 Å². The summed E-state index contributed by atoms with van der Waals surface area (Å²) in [5.41, 5.74) is 3.01. The Kier molecular flexibility index (Phi) is 6.24. The van der Waals surface area contributed by atoms with Gasteiger partial charge in [0, 0.05) is 21.6 Å². The van der Waals surface area contributed by atoms with Gasteiger partial charge in [0.25, 0.3) is 0 Å². The number of nitrogens with one attached hydrogen (secondary N) is 1. The number of hydrogen-bond acceptors (Lipinski definition) is 2. The molecular weight excluding hydrogens is 421 g/mol. The number of halogens is 3. The van der Waals surface area contributed by atoms with Gasteiger partial charge in [-0.05, 0) is 48.0 Å². The van der Waals surface area contributed by atoms with Crippen molar-refractivity contribution in [1.29, 1.82) is 0 Å². The van der Waals surface area contributed by atoms with Gasteiger partial charge in [-0.1, -0.05) is 63.4 Å². The first-order chi connectivity index (χ1) is 12.1. The minimum absolute atomic E-state index is 0.484. The highest BCUT2D eigenvalue weighted by Crippen LogP contribution is 2.27. The zero-order valence-corrected chi connectivity index (χ0v) is 16.4. The number of anilines is 1. The topological polar surface area (TPSA) is 21.3 Å². The third-order valence-electron chi connectivity index (χ3n) is 3.67. The van der Waals surface area contributed by atoms with E-state index in [1.165, 1.54) is 0 Å². The van der Waals surface area contributed by atoms with E-state index in [2.05, 4.69) is 21.2 Å². The van der Waals surface area contributed by atoms with E-state index in [9.17, 15) is 0 Å². The number of ether oxygens (including phenoxy) is 1. The van der Waals surface area contributed by atoms with Crippen LogP contribution in [0.3, 0.4) is 0 Å². The van der Waals surface area contributed by atoms with E-state index in [1.807, 2.05) is 66.7 Å². The van der Waals surface area contributed by atoms with Crippen LogP contribution >= 0.6 is 39.1 Å². The van der Waals surface area contributed by atoms with E-state index in [4.69, 9.17) is 27.9 Å². The molecule has 0 fully saturated rings. The Morgan fingerprint density at radius 3 is 2.44 bits per heavy atom. The van der Waals surface area contributed by atoms with Crippen molar-refractivity contribution in [3.63, 3.8) is 0 Å². The summed E-state index contributed by atoms with van der Waals surface area (Å²) in [5.74, 6) is 0.831. The molecule has 0 aliphatic heterocycles. The molecule has 3 rings (SSSR count). The van der Waals surface area contributed by atoms with Gasteiger partial charge in [-0.25, -0.2) is 0 Å². The van der Waals surface area contributed by atoms with Gasteiger partial charge in [-0.15, -0.1) is 0 Å². The molecule has 3 aromatic rings.